The Kier molecular flexibility index (Phi) is 5.57. The Hall–Kier alpha value is -2.51. The van der Waals surface area contributed by atoms with E-state index in [9.17, 15) is 8.78 Å². The van der Waals surface area contributed by atoms with Gasteiger partial charge in [0.2, 0.25) is 0 Å². The molecule has 1 saturated heterocycles. The van der Waals surface area contributed by atoms with Gasteiger partial charge in [-0.05, 0) is 30.9 Å². The quantitative estimate of drug-likeness (QED) is 0.863. The lowest BCUT2D eigenvalue weighted by Gasteiger charge is -2.31. The van der Waals surface area contributed by atoms with Crippen LogP contribution in [0.1, 0.15) is 25.5 Å². The van der Waals surface area contributed by atoms with Gasteiger partial charge in [0.05, 0.1) is 18.4 Å². The number of rotatable bonds is 6. The fourth-order valence-corrected chi connectivity index (χ4v) is 2.88. The molecule has 3 rings (SSSR count). The minimum Gasteiger partial charge on any atom is -0.433 e. The van der Waals surface area contributed by atoms with Crippen LogP contribution >= 0.6 is 0 Å². The maximum atomic E-state index is 12.1. The van der Waals surface area contributed by atoms with E-state index in [4.69, 9.17) is 0 Å². The summed E-state index contributed by atoms with van der Waals surface area (Å²) in [5.74, 6) is 2.33. The van der Waals surface area contributed by atoms with Gasteiger partial charge in [-0.25, -0.2) is 9.97 Å². The molecule has 1 aliphatic heterocycles. The van der Waals surface area contributed by atoms with Crippen LogP contribution < -0.4 is 15.0 Å². The standard InChI is InChI=1S/C17H21F2N5O/c1-12-3-2-6-24(10-12)16-7-15(22-11-23-16)21-8-13-4-5-14(9-20-13)25-17(18)19/h4-5,7,9,11-12,17H,2-3,6,8,10H2,1H3,(H,21,22,23). The number of piperidine rings is 1. The third-order valence-corrected chi connectivity index (χ3v) is 4.11. The average Bonchev–Trinajstić information content (AvgIpc) is 2.61. The van der Waals surface area contributed by atoms with Gasteiger partial charge < -0.3 is 15.0 Å². The third-order valence-electron chi connectivity index (χ3n) is 4.11. The molecule has 0 radical (unpaired) electrons. The maximum absolute atomic E-state index is 12.1. The van der Waals surface area contributed by atoms with Crippen LogP contribution in [0, 0.1) is 5.92 Å². The number of halogens is 2. The maximum Gasteiger partial charge on any atom is 0.387 e. The molecule has 0 saturated carbocycles. The van der Waals surface area contributed by atoms with Crippen LogP contribution in [0.25, 0.3) is 0 Å². The van der Waals surface area contributed by atoms with Gasteiger partial charge in [-0.3, -0.25) is 4.98 Å². The molecule has 134 valence electrons. The van der Waals surface area contributed by atoms with Crippen molar-refractivity contribution in [3.63, 3.8) is 0 Å². The van der Waals surface area contributed by atoms with Gasteiger partial charge in [-0.2, -0.15) is 8.78 Å². The first-order chi connectivity index (χ1) is 12.1. The van der Waals surface area contributed by atoms with Crippen molar-refractivity contribution in [1.29, 1.82) is 0 Å². The SMILES string of the molecule is CC1CCCN(c2cc(NCc3ccc(OC(F)F)cn3)ncn2)C1. The molecule has 6 nitrogen and oxygen atoms in total. The van der Waals surface area contributed by atoms with Crippen molar-refractivity contribution in [2.75, 3.05) is 23.3 Å². The summed E-state index contributed by atoms with van der Waals surface area (Å²) in [5, 5.41) is 3.18. The molecule has 1 unspecified atom stereocenters. The Morgan fingerprint density at radius 1 is 1.32 bits per heavy atom. The molecule has 2 aromatic rings. The first-order valence-electron chi connectivity index (χ1n) is 8.31. The Balaban J connectivity index is 1.59. The van der Waals surface area contributed by atoms with E-state index in [2.05, 4.69) is 36.8 Å². The van der Waals surface area contributed by atoms with Gasteiger partial charge in [-0.15, -0.1) is 0 Å². The van der Waals surface area contributed by atoms with E-state index in [1.165, 1.54) is 25.1 Å². The van der Waals surface area contributed by atoms with E-state index in [0.29, 0.717) is 24.0 Å². The Morgan fingerprint density at radius 2 is 2.20 bits per heavy atom. The zero-order valence-electron chi connectivity index (χ0n) is 14.0. The number of alkyl halides is 2. The van der Waals surface area contributed by atoms with Crippen LogP contribution in [0.2, 0.25) is 0 Å². The van der Waals surface area contributed by atoms with E-state index >= 15 is 0 Å². The van der Waals surface area contributed by atoms with Crippen LogP contribution in [0.3, 0.4) is 0 Å². The van der Waals surface area contributed by atoms with Crippen molar-refractivity contribution in [2.45, 2.75) is 32.9 Å². The molecule has 1 atom stereocenters. The van der Waals surface area contributed by atoms with Crippen LogP contribution in [-0.2, 0) is 6.54 Å². The molecule has 3 heterocycles. The predicted molar refractivity (Wildman–Crippen MR) is 90.8 cm³/mol. The van der Waals surface area contributed by atoms with Gasteiger partial charge in [0, 0.05) is 19.2 Å². The molecule has 25 heavy (non-hydrogen) atoms. The molecular formula is C17H21F2N5O. The highest BCUT2D eigenvalue weighted by Gasteiger charge is 2.17. The monoisotopic (exact) mass is 349 g/mol. The van der Waals surface area contributed by atoms with Gasteiger partial charge in [0.25, 0.3) is 0 Å². The van der Waals surface area contributed by atoms with Crippen LogP contribution in [0.15, 0.2) is 30.7 Å². The predicted octanol–water partition coefficient (Wildman–Crippen LogP) is 3.32. The first kappa shape index (κ1) is 17.3. The van der Waals surface area contributed by atoms with Crippen molar-refractivity contribution in [1.82, 2.24) is 15.0 Å². The second-order valence-electron chi connectivity index (χ2n) is 6.17. The lowest BCUT2D eigenvalue weighted by atomic mass is 10.0. The van der Waals surface area contributed by atoms with Gasteiger partial charge in [0.15, 0.2) is 0 Å². The average molecular weight is 349 g/mol. The van der Waals surface area contributed by atoms with Crippen molar-refractivity contribution in [2.24, 2.45) is 5.92 Å². The summed E-state index contributed by atoms with van der Waals surface area (Å²) in [6.07, 6.45) is 5.25. The van der Waals surface area contributed by atoms with Crippen LogP contribution in [-0.4, -0.2) is 34.7 Å². The smallest absolute Gasteiger partial charge is 0.387 e. The summed E-state index contributed by atoms with van der Waals surface area (Å²) < 4.78 is 28.5. The first-order valence-corrected chi connectivity index (χ1v) is 8.31. The summed E-state index contributed by atoms with van der Waals surface area (Å²) in [6, 6.07) is 5.03. The number of nitrogens with one attached hydrogen (secondary N) is 1. The number of ether oxygens (including phenoxy) is 1. The molecule has 0 aliphatic carbocycles. The van der Waals surface area contributed by atoms with E-state index in [1.807, 2.05) is 6.07 Å². The van der Waals surface area contributed by atoms with Gasteiger partial charge in [0.1, 0.15) is 23.7 Å². The topological polar surface area (TPSA) is 63.2 Å². The number of aromatic nitrogens is 3. The minimum atomic E-state index is -2.84. The fraction of sp³-hybridized carbons (Fsp3) is 0.471. The largest absolute Gasteiger partial charge is 0.433 e. The second-order valence-corrected chi connectivity index (χ2v) is 6.17. The highest BCUT2D eigenvalue weighted by atomic mass is 19.3. The highest BCUT2D eigenvalue weighted by Crippen LogP contribution is 2.22. The molecule has 0 amide bonds. The molecular weight excluding hydrogens is 328 g/mol. The molecule has 0 aromatic carbocycles. The van der Waals surface area contributed by atoms with Crippen LogP contribution in [0.4, 0.5) is 20.4 Å². The van der Waals surface area contributed by atoms with Gasteiger partial charge in [-0.1, -0.05) is 6.92 Å². The Bertz CT molecular complexity index is 683. The number of nitrogens with zero attached hydrogens (tertiary/aromatic N) is 4. The molecule has 2 aromatic heterocycles. The number of hydrogen-bond acceptors (Lipinski definition) is 6. The minimum absolute atomic E-state index is 0.0438. The number of hydrogen-bond donors (Lipinski definition) is 1. The zero-order chi connectivity index (χ0) is 17.6. The van der Waals surface area contributed by atoms with E-state index < -0.39 is 6.61 Å². The summed E-state index contributed by atoms with van der Waals surface area (Å²) in [4.78, 5) is 15.0. The summed E-state index contributed by atoms with van der Waals surface area (Å²) in [7, 11) is 0. The highest BCUT2D eigenvalue weighted by molar-refractivity contribution is 5.48. The summed E-state index contributed by atoms with van der Waals surface area (Å²) in [5.41, 5.74) is 0.702. The Morgan fingerprint density at radius 3 is 2.92 bits per heavy atom. The molecule has 1 fully saturated rings. The normalized spacial score (nSPS) is 17.6. The van der Waals surface area contributed by atoms with E-state index in [-0.39, 0.29) is 5.75 Å². The van der Waals surface area contributed by atoms with E-state index in [0.717, 1.165) is 18.9 Å². The summed E-state index contributed by atoms with van der Waals surface area (Å²) >= 11 is 0. The zero-order valence-corrected chi connectivity index (χ0v) is 14.0. The van der Waals surface area contributed by atoms with Crippen molar-refractivity contribution in [3.8, 4) is 5.75 Å². The van der Waals surface area contributed by atoms with Crippen molar-refractivity contribution < 1.29 is 13.5 Å². The van der Waals surface area contributed by atoms with E-state index in [1.54, 1.807) is 12.4 Å². The molecule has 0 spiro atoms. The molecule has 1 aliphatic rings. The van der Waals surface area contributed by atoms with Crippen molar-refractivity contribution >= 4 is 11.6 Å². The van der Waals surface area contributed by atoms with Crippen molar-refractivity contribution in [3.05, 3.63) is 36.4 Å². The molecule has 1 N–H and O–H groups in total. The Labute approximate surface area is 145 Å². The number of pyridine rings is 1. The molecule has 8 heteroatoms. The number of anilines is 2. The van der Waals surface area contributed by atoms with Gasteiger partial charge >= 0.3 is 6.61 Å². The lowest BCUT2D eigenvalue weighted by molar-refractivity contribution is -0.0500. The lowest BCUT2D eigenvalue weighted by Crippen LogP contribution is -2.34. The summed E-state index contributed by atoms with van der Waals surface area (Å²) in [6.45, 7) is 1.85. The third kappa shape index (κ3) is 4.98. The van der Waals surface area contributed by atoms with Crippen LogP contribution in [0.5, 0.6) is 5.75 Å². The molecule has 0 bridgehead atoms. The fourth-order valence-electron chi connectivity index (χ4n) is 2.88. The second kappa shape index (κ2) is 8.04.